The van der Waals surface area contributed by atoms with E-state index in [2.05, 4.69) is 22.4 Å². The number of hydrogen-bond donors (Lipinski definition) is 2. The third-order valence-electron chi connectivity index (χ3n) is 6.38. The fraction of sp³-hybridized carbons (Fsp3) is 0.167. The third kappa shape index (κ3) is 5.62. The van der Waals surface area contributed by atoms with E-state index in [-0.39, 0.29) is 18.9 Å². The molecule has 5 rings (SSSR count). The molecule has 2 N–H and O–H groups in total. The zero-order valence-corrected chi connectivity index (χ0v) is 20.0. The van der Waals surface area contributed by atoms with Crippen molar-refractivity contribution < 1.29 is 24.2 Å². The number of pyridine rings is 1. The minimum atomic E-state index is -1.15. The van der Waals surface area contributed by atoms with E-state index in [1.54, 1.807) is 30.5 Å². The number of ether oxygens (including phenoxy) is 2. The molecule has 1 heterocycles. The van der Waals surface area contributed by atoms with Crippen molar-refractivity contribution in [2.24, 2.45) is 0 Å². The first kappa shape index (κ1) is 24.1. The number of rotatable bonds is 9. The van der Waals surface area contributed by atoms with Gasteiger partial charge < -0.3 is 19.9 Å². The van der Waals surface area contributed by atoms with Crippen LogP contribution in [0.5, 0.6) is 5.75 Å². The number of benzene rings is 3. The molecule has 1 aliphatic carbocycles. The molecule has 186 valence electrons. The smallest absolute Gasteiger partial charge is 0.407 e. The molecule has 0 saturated heterocycles. The van der Waals surface area contributed by atoms with Crippen LogP contribution in [0.3, 0.4) is 0 Å². The Labute approximate surface area is 214 Å². The highest BCUT2D eigenvalue weighted by Crippen LogP contribution is 2.44. The van der Waals surface area contributed by atoms with E-state index in [9.17, 15) is 14.7 Å². The summed E-state index contributed by atoms with van der Waals surface area (Å²) >= 11 is 0. The van der Waals surface area contributed by atoms with Crippen molar-refractivity contribution in [2.75, 3.05) is 6.61 Å². The van der Waals surface area contributed by atoms with Crippen LogP contribution in [-0.4, -0.2) is 34.8 Å². The highest BCUT2D eigenvalue weighted by Gasteiger charge is 2.29. The second-order valence-electron chi connectivity index (χ2n) is 8.82. The number of nitrogens with one attached hydrogen (secondary N) is 1. The molecular formula is C30H26N2O5. The average molecular weight is 495 g/mol. The van der Waals surface area contributed by atoms with Gasteiger partial charge in [0.05, 0.1) is 5.69 Å². The van der Waals surface area contributed by atoms with E-state index in [1.807, 2.05) is 54.6 Å². The first-order valence-corrected chi connectivity index (χ1v) is 12.0. The molecule has 37 heavy (non-hydrogen) atoms. The quantitative estimate of drug-likeness (QED) is 0.332. The van der Waals surface area contributed by atoms with Crippen molar-refractivity contribution in [1.82, 2.24) is 10.3 Å². The van der Waals surface area contributed by atoms with E-state index in [0.29, 0.717) is 17.9 Å². The maximum Gasteiger partial charge on any atom is 0.407 e. The number of carboxylic acid groups (broad SMARTS) is 1. The van der Waals surface area contributed by atoms with Gasteiger partial charge in [0.1, 0.15) is 25.0 Å². The molecule has 0 spiro atoms. The fourth-order valence-electron chi connectivity index (χ4n) is 4.62. The van der Waals surface area contributed by atoms with Crippen LogP contribution in [0.4, 0.5) is 4.79 Å². The highest BCUT2D eigenvalue weighted by atomic mass is 16.5. The summed E-state index contributed by atoms with van der Waals surface area (Å²) < 4.78 is 11.3. The Hall–Kier alpha value is -4.65. The number of hydrogen-bond acceptors (Lipinski definition) is 5. The van der Waals surface area contributed by atoms with Crippen LogP contribution in [0, 0.1) is 0 Å². The summed E-state index contributed by atoms with van der Waals surface area (Å²) in [4.78, 5) is 28.8. The number of aromatic nitrogens is 1. The molecule has 0 aliphatic heterocycles. The number of carbonyl (C=O) groups is 2. The maximum absolute atomic E-state index is 12.6. The van der Waals surface area contributed by atoms with E-state index in [1.165, 1.54) is 0 Å². The second kappa shape index (κ2) is 11.0. The Bertz CT molecular complexity index is 1360. The van der Waals surface area contributed by atoms with E-state index < -0.39 is 18.1 Å². The van der Waals surface area contributed by atoms with Crippen LogP contribution < -0.4 is 10.1 Å². The van der Waals surface area contributed by atoms with Gasteiger partial charge in [0, 0.05) is 18.5 Å². The van der Waals surface area contributed by atoms with E-state index in [0.717, 1.165) is 27.9 Å². The second-order valence-corrected chi connectivity index (χ2v) is 8.82. The van der Waals surface area contributed by atoms with Gasteiger partial charge in [-0.15, -0.1) is 0 Å². The summed E-state index contributed by atoms with van der Waals surface area (Å²) in [5.74, 6) is -0.656. The van der Waals surface area contributed by atoms with E-state index in [4.69, 9.17) is 9.47 Å². The maximum atomic E-state index is 12.6. The van der Waals surface area contributed by atoms with Gasteiger partial charge >= 0.3 is 12.1 Å². The molecule has 7 nitrogen and oxygen atoms in total. The Kier molecular flexibility index (Phi) is 7.12. The summed E-state index contributed by atoms with van der Waals surface area (Å²) in [7, 11) is 0. The zero-order valence-electron chi connectivity index (χ0n) is 20.0. The number of carboxylic acids is 1. The summed E-state index contributed by atoms with van der Waals surface area (Å²) in [5.41, 5.74) is 5.93. The largest absolute Gasteiger partial charge is 0.487 e. The normalized spacial score (nSPS) is 12.8. The lowest BCUT2D eigenvalue weighted by Crippen LogP contribution is -2.42. The Morgan fingerprint density at radius 1 is 0.892 bits per heavy atom. The summed E-state index contributed by atoms with van der Waals surface area (Å²) in [5, 5.41) is 12.2. The van der Waals surface area contributed by atoms with Crippen LogP contribution in [-0.2, 0) is 22.6 Å². The van der Waals surface area contributed by atoms with Gasteiger partial charge in [-0.25, -0.2) is 9.59 Å². The van der Waals surface area contributed by atoms with Gasteiger partial charge in [-0.1, -0.05) is 66.7 Å². The number of nitrogens with zero attached hydrogens (tertiary/aromatic N) is 1. The predicted molar refractivity (Wildman–Crippen MR) is 138 cm³/mol. The van der Waals surface area contributed by atoms with Crippen LogP contribution in [0.15, 0.2) is 97.2 Å². The lowest BCUT2D eigenvalue weighted by molar-refractivity contribution is -0.139. The number of fused-ring (bicyclic) bond motifs is 3. The number of amides is 1. The molecule has 0 saturated carbocycles. The lowest BCUT2D eigenvalue weighted by atomic mass is 9.98. The highest BCUT2D eigenvalue weighted by molar-refractivity contribution is 5.81. The predicted octanol–water partition coefficient (Wildman–Crippen LogP) is 5.20. The summed E-state index contributed by atoms with van der Waals surface area (Å²) in [6.45, 7) is 0.410. The topological polar surface area (TPSA) is 97.8 Å². The van der Waals surface area contributed by atoms with Gasteiger partial charge in [0.2, 0.25) is 0 Å². The third-order valence-corrected chi connectivity index (χ3v) is 6.38. The number of carbonyl (C=O) groups excluding carboxylic acids is 1. The van der Waals surface area contributed by atoms with Crippen LogP contribution in [0.25, 0.3) is 11.1 Å². The molecule has 3 aromatic carbocycles. The van der Waals surface area contributed by atoms with Crippen LogP contribution >= 0.6 is 0 Å². The minimum absolute atomic E-state index is 0.0836. The van der Waals surface area contributed by atoms with Crippen LogP contribution in [0.2, 0.25) is 0 Å². The average Bonchev–Trinajstić information content (AvgIpc) is 3.25. The van der Waals surface area contributed by atoms with Gasteiger partial charge in [0.25, 0.3) is 0 Å². The van der Waals surface area contributed by atoms with Crippen molar-refractivity contribution in [3.05, 3.63) is 120 Å². The fourth-order valence-corrected chi connectivity index (χ4v) is 4.62. The van der Waals surface area contributed by atoms with E-state index >= 15 is 0 Å². The molecule has 1 aliphatic rings. The van der Waals surface area contributed by atoms with Gasteiger partial charge in [-0.3, -0.25) is 4.98 Å². The van der Waals surface area contributed by atoms with Crippen molar-refractivity contribution in [3.8, 4) is 16.9 Å². The first-order chi connectivity index (χ1) is 18.1. The molecule has 1 aromatic heterocycles. The molecular weight excluding hydrogens is 468 g/mol. The summed E-state index contributed by atoms with van der Waals surface area (Å²) in [6.07, 6.45) is 1.01. The lowest BCUT2D eigenvalue weighted by Gasteiger charge is -2.18. The molecule has 1 atom stereocenters. The van der Waals surface area contributed by atoms with Gasteiger partial charge in [-0.2, -0.15) is 0 Å². The van der Waals surface area contributed by atoms with Crippen molar-refractivity contribution in [2.45, 2.75) is 25.0 Å². The zero-order chi connectivity index (χ0) is 25.6. The summed E-state index contributed by atoms with van der Waals surface area (Å²) in [6, 6.07) is 27.7. The SMILES string of the molecule is O=C(NC(Cc1cccc(OCc2ccccn2)c1)C(=O)O)OCC1c2ccccc2-c2ccccc21. The van der Waals surface area contributed by atoms with Crippen molar-refractivity contribution in [1.29, 1.82) is 0 Å². The Balaban J connectivity index is 1.20. The number of alkyl carbamates (subject to hydrolysis) is 1. The van der Waals surface area contributed by atoms with Crippen molar-refractivity contribution >= 4 is 12.1 Å². The minimum Gasteiger partial charge on any atom is -0.487 e. The molecule has 1 amide bonds. The molecule has 0 bridgehead atoms. The number of aliphatic carboxylic acids is 1. The molecule has 0 radical (unpaired) electrons. The van der Waals surface area contributed by atoms with Crippen molar-refractivity contribution in [3.63, 3.8) is 0 Å². The monoisotopic (exact) mass is 494 g/mol. The first-order valence-electron chi connectivity index (χ1n) is 12.0. The molecule has 1 unspecified atom stereocenters. The van der Waals surface area contributed by atoms with Gasteiger partial charge in [0.15, 0.2) is 0 Å². The van der Waals surface area contributed by atoms with Crippen LogP contribution in [0.1, 0.15) is 28.3 Å². The molecule has 4 aromatic rings. The Morgan fingerprint density at radius 3 is 2.27 bits per heavy atom. The molecule has 0 fully saturated rings. The Morgan fingerprint density at radius 2 is 1.59 bits per heavy atom. The van der Waals surface area contributed by atoms with Gasteiger partial charge in [-0.05, 0) is 52.1 Å². The standard InChI is InChI=1S/C30H26N2O5/c33-29(34)28(17-20-8-7-10-22(16-20)36-18-21-9-5-6-15-31-21)32-30(35)37-19-27-25-13-3-1-11-23(25)24-12-2-4-14-26(24)27/h1-16,27-28H,17-19H2,(H,32,35)(H,33,34). The molecule has 7 heteroatoms.